The molecule has 0 saturated heterocycles. The van der Waals surface area contributed by atoms with Crippen molar-refractivity contribution >= 4 is 17.9 Å². The van der Waals surface area contributed by atoms with E-state index in [-0.39, 0.29) is 17.7 Å². The Labute approximate surface area is 145 Å². The standard InChI is InChI=1S/C17H14F3N3O3/c18-17(19,20)13-5-3-4-12(10-13)7-8-14(24)21-22-15(25)11-23-9-2-1-6-16(23)26/h1-10H,11H2,(H,21,24)(H,22,25)/b8-7+. The lowest BCUT2D eigenvalue weighted by molar-refractivity contribution is -0.137. The number of benzene rings is 1. The third-order valence-corrected chi connectivity index (χ3v) is 3.18. The van der Waals surface area contributed by atoms with E-state index in [1.54, 1.807) is 6.07 Å². The molecule has 1 aromatic carbocycles. The van der Waals surface area contributed by atoms with Crippen molar-refractivity contribution in [2.75, 3.05) is 0 Å². The van der Waals surface area contributed by atoms with Gasteiger partial charge in [0.25, 0.3) is 17.4 Å². The van der Waals surface area contributed by atoms with Gasteiger partial charge in [0.1, 0.15) is 6.54 Å². The number of hydrazine groups is 1. The van der Waals surface area contributed by atoms with Crippen molar-refractivity contribution in [1.29, 1.82) is 0 Å². The average molecular weight is 365 g/mol. The Kier molecular flexibility index (Phi) is 5.94. The Balaban J connectivity index is 1.89. The smallest absolute Gasteiger partial charge is 0.306 e. The number of nitrogens with zero attached hydrogens (tertiary/aromatic N) is 1. The second-order valence-electron chi connectivity index (χ2n) is 5.16. The summed E-state index contributed by atoms with van der Waals surface area (Å²) in [6, 6.07) is 8.82. The first-order valence-corrected chi connectivity index (χ1v) is 7.35. The molecule has 2 N–H and O–H groups in total. The van der Waals surface area contributed by atoms with Crippen LogP contribution in [0.25, 0.3) is 6.08 Å². The molecule has 1 aromatic heterocycles. The summed E-state index contributed by atoms with van der Waals surface area (Å²) in [6.07, 6.45) is -0.907. The lowest BCUT2D eigenvalue weighted by atomic mass is 10.1. The van der Waals surface area contributed by atoms with E-state index in [1.165, 1.54) is 36.5 Å². The molecule has 26 heavy (non-hydrogen) atoms. The molecule has 2 aromatic rings. The van der Waals surface area contributed by atoms with Crippen LogP contribution in [-0.4, -0.2) is 16.4 Å². The van der Waals surface area contributed by atoms with E-state index >= 15 is 0 Å². The Morgan fingerprint density at radius 2 is 1.85 bits per heavy atom. The predicted molar refractivity (Wildman–Crippen MR) is 87.5 cm³/mol. The van der Waals surface area contributed by atoms with Crippen LogP contribution in [-0.2, 0) is 22.3 Å². The maximum absolute atomic E-state index is 12.6. The lowest BCUT2D eigenvalue weighted by Crippen LogP contribution is -2.43. The fourth-order valence-corrected chi connectivity index (χ4v) is 1.95. The van der Waals surface area contributed by atoms with Gasteiger partial charge in [-0.15, -0.1) is 0 Å². The quantitative estimate of drug-likeness (QED) is 0.640. The molecule has 0 saturated carbocycles. The molecule has 0 aliphatic carbocycles. The number of halogens is 3. The molecule has 2 rings (SSSR count). The van der Waals surface area contributed by atoms with Crippen LogP contribution in [0.2, 0.25) is 0 Å². The van der Waals surface area contributed by atoms with Gasteiger partial charge >= 0.3 is 6.18 Å². The van der Waals surface area contributed by atoms with Gasteiger partial charge in [0.15, 0.2) is 0 Å². The first-order chi connectivity index (χ1) is 12.3. The van der Waals surface area contributed by atoms with Crippen molar-refractivity contribution in [3.05, 3.63) is 76.2 Å². The molecule has 0 atom stereocenters. The third-order valence-electron chi connectivity index (χ3n) is 3.18. The summed E-state index contributed by atoms with van der Waals surface area (Å²) >= 11 is 0. The highest BCUT2D eigenvalue weighted by molar-refractivity contribution is 5.93. The van der Waals surface area contributed by atoms with Gasteiger partial charge in [-0.3, -0.25) is 25.2 Å². The first kappa shape index (κ1) is 19.0. The van der Waals surface area contributed by atoms with Gasteiger partial charge in [-0.05, 0) is 29.8 Å². The summed E-state index contributed by atoms with van der Waals surface area (Å²) in [7, 11) is 0. The number of rotatable bonds is 4. The Morgan fingerprint density at radius 3 is 2.54 bits per heavy atom. The zero-order valence-corrected chi connectivity index (χ0v) is 13.3. The van der Waals surface area contributed by atoms with Gasteiger partial charge in [0.05, 0.1) is 5.56 Å². The van der Waals surface area contributed by atoms with Crippen LogP contribution >= 0.6 is 0 Å². The molecule has 0 unspecified atom stereocenters. The van der Waals surface area contributed by atoms with Crippen LogP contribution in [0, 0.1) is 0 Å². The zero-order valence-electron chi connectivity index (χ0n) is 13.3. The molecule has 9 heteroatoms. The maximum Gasteiger partial charge on any atom is 0.416 e. The summed E-state index contributed by atoms with van der Waals surface area (Å²) in [4.78, 5) is 34.7. The van der Waals surface area contributed by atoms with Crippen LogP contribution in [0.15, 0.2) is 59.5 Å². The molecular formula is C17H14F3N3O3. The van der Waals surface area contributed by atoms with E-state index < -0.39 is 23.6 Å². The molecule has 0 aliphatic rings. The minimum atomic E-state index is -4.48. The van der Waals surface area contributed by atoms with Crippen molar-refractivity contribution in [3.63, 3.8) is 0 Å². The number of carbonyl (C=O) groups excluding carboxylic acids is 2. The lowest BCUT2D eigenvalue weighted by Gasteiger charge is -2.07. The van der Waals surface area contributed by atoms with Crippen molar-refractivity contribution in [3.8, 4) is 0 Å². The molecule has 6 nitrogen and oxygen atoms in total. The minimum Gasteiger partial charge on any atom is -0.306 e. The highest BCUT2D eigenvalue weighted by atomic mass is 19.4. The number of carbonyl (C=O) groups is 2. The predicted octanol–water partition coefficient (Wildman–Crippen LogP) is 1.73. The van der Waals surface area contributed by atoms with Crippen LogP contribution in [0.3, 0.4) is 0 Å². The largest absolute Gasteiger partial charge is 0.416 e. The normalized spacial score (nSPS) is 11.3. The van der Waals surface area contributed by atoms with Gasteiger partial charge in [0, 0.05) is 18.3 Å². The van der Waals surface area contributed by atoms with Gasteiger partial charge in [-0.25, -0.2) is 0 Å². The van der Waals surface area contributed by atoms with E-state index in [2.05, 4.69) is 10.9 Å². The van der Waals surface area contributed by atoms with Gasteiger partial charge in [0.2, 0.25) is 0 Å². The van der Waals surface area contributed by atoms with Crippen LogP contribution in [0.5, 0.6) is 0 Å². The molecule has 1 heterocycles. The number of hydrogen-bond donors (Lipinski definition) is 2. The Hall–Kier alpha value is -3.36. The Morgan fingerprint density at radius 1 is 1.08 bits per heavy atom. The highest BCUT2D eigenvalue weighted by Crippen LogP contribution is 2.29. The highest BCUT2D eigenvalue weighted by Gasteiger charge is 2.30. The summed E-state index contributed by atoms with van der Waals surface area (Å²) in [5.74, 6) is -1.38. The number of pyridine rings is 1. The van der Waals surface area contributed by atoms with Crippen molar-refractivity contribution in [2.45, 2.75) is 12.7 Å². The second kappa shape index (κ2) is 8.15. The van der Waals surface area contributed by atoms with E-state index in [0.717, 1.165) is 22.8 Å². The molecular weight excluding hydrogens is 351 g/mol. The van der Waals surface area contributed by atoms with E-state index in [1.807, 2.05) is 0 Å². The molecule has 0 radical (unpaired) electrons. The van der Waals surface area contributed by atoms with E-state index in [4.69, 9.17) is 0 Å². The SMILES string of the molecule is O=C(/C=C/c1cccc(C(F)(F)F)c1)NNC(=O)Cn1ccccc1=O. The van der Waals surface area contributed by atoms with E-state index in [0.29, 0.717) is 0 Å². The number of aromatic nitrogens is 1. The Bertz CT molecular complexity index is 888. The van der Waals surface area contributed by atoms with Crippen LogP contribution in [0.1, 0.15) is 11.1 Å². The number of amides is 2. The summed E-state index contributed by atoms with van der Waals surface area (Å²) in [5, 5.41) is 0. The molecule has 136 valence electrons. The van der Waals surface area contributed by atoms with E-state index in [9.17, 15) is 27.6 Å². The number of nitrogens with one attached hydrogen (secondary N) is 2. The minimum absolute atomic E-state index is 0.178. The van der Waals surface area contributed by atoms with Crippen LogP contribution < -0.4 is 16.4 Å². The topological polar surface area (TPSA) is 80.2 Å². The van der Waals surface area contributed by atoms with Gasteiger partial charge in [-0.1, -0.05) is 18.2 Å². The molecule has 0 bridgehead atoms. The van der Waals surface area contributed by atoms with Crippen molar-refractivity contribution in [1.82, 2.24) is 15.4 Å². The monoisotopic (exact) mass is 365 g/mol. The molecule has 0 aliphatic heterocycles. The van der Waals surface area contributed by atoms with Gasteiger partial charge < -0.3 is 4.57 Å². The molecule has 2 amide bonds. The molecule has 0 fully saturated rings. The summed E-state index contributed by atoms with van der Waals surface area (Å²) < 4.78 is 39.0. The third kappa shape index (κ3) is 5.62. The summed E-state index contributed by atoms with van der Waals surface area (Å²) in [5.41, 5.74) is 3.14. The number of hydrogen-bond acceptors (Lipinski definition) is 3. The average Bonchev–Trinajstić information content (AvgIpc) is 2.60. The first-order valence-electron chi connectivity index (χ1n) is 7.35. The van der Waals surface area contributed by atoms with Crippen LogP contribution in [0.4, 0.5) is 13.2 Å². The zero-order chi connectivity index (χ0) is 19.2. The fraction of sp³-hybridized carbons (Fsp3) is 0.118. The fourth-order valence-electron chi connectivity index (χ4n) is 1.95. The van der Waals surface area contributed by atoms with Crippen molar-refractivity contribution in [2.24, 2.45) is 0 Å². The second-order valence-corrected chi connectivity index (χ2v) is 5.16. The number of alkyl halides is 3. The van der Waals surface area contributed by atoms with Gasteiger partial charge in [-0.2, -0.15) is 13.2 Å². The maximum atomic E-state index is 12.6. The van der Waals surface area contributed by atoms with Crippen molar-refractivity contribution < 1.29 is 22.8 Å². The molecule has 0 spiro atoms. The summed E-state index contributed by atoms with van der Waals surface area (Å²) in [6.45, 7) is -0.294.